The van der Waals surface area contributed by atoms with E-state index in [0.717, 1.165) is 71.5 Å². The molecule has 3 aromatic heterocycles. The zero-order valence-corrected chi connectivity index (χ0v) is 27.5. The van der Waals surface area contributed by atoms with Crippen molar-refractivity contribution >= 4 is 65.6 Å². The third kappa shape index (κ3) is 4.25. The Bertz CT molecular complexity index is 3460. The normalized spacial score (nSPS) is 13.3. The van der Waals surface area contributed by atoms with Gasteiger partial charge in [-0.1, -0.05) is 90.9 Å². The van der Waals surface area contributed by atoms with Crippen LogP contribution in [0.2, 0.25) is 0 Å². The molecule has 3 heterocycles. The van der Waals surface area contributed by atoms with Crippen molar-refractivity contribution in [1.82, 2.24) is 9.13 Å². The molecule has 0 aliphatic carbocycles. The fraction of sp³-hybridized carbons (Fsp3) is 0. The quantitative estimate of drug-likeness (QED) is 0.182. The van der Waals surface area contributed by atoms with Gasteiger partial charge in [0.15, 0.2) is 0 Å². The molecular formula is C48H29FN2O. The topological polar surface area (TPSA) is 23.0 Å². The summed E-state index contributed by atoms with van der Waals surface area (Å²) in [5, 5.41) is 5.47. The van der Waals surface area contributed by atoms with Gasteiger partial charge in [-0.05, 0) is 101 Å². The van der Waals surface area contributed by atoms with Crippen LogP contribution in [0.3, 0.4) is 0 Å². The van der Waals surface area contributed by atoms with E-state index in [-0.39, 0.29) is 35.6 Å². The largest absolute Gasteiger partial charge is 0.456 e. The summed E-state index contributed by atoms with van der Waals surface area (Å²) in [7, 11) is 0. The molecular weight excluding hydrogens is 640 g/mol. The molecule has 0 radical (unpaired) electrons. The van der Waals surface area contributed by atoms with Gasteiger partial charge in [0.1, 0.15) is 17.0 Å². The molecule has 52 heavy (non-hydrogen) atoms. The summed E-state index contributed by atoms with van der Waals surface area (Å²) in [5.74, 6) is -0.274. The smallest absolute Gasteiger partial charge is 0.137 e. The van der Waals surface area contributed by atoms with Crippen molar-refractivity contribution in [3.8, 4) is 33.6 Å². The van der Waals surface area contributed by atoms with Crippen LogP contribution >= 0.6 is 0 Å². The highest BCUT2D eigenvalue weighted by atomic mass is 19.1. The lowest BCUT2D eigenvalue weighted by atomic mass is 9.99. The second kappa shape index (κ2) is 11.0. The highest BCUT2D eigenvalue weighted by Gasteiger charge is 2.18. The van der Waals surface area contributed by atoms with Crippen molar-refractivity contribution in [2.24, 2.45) is 0 Å². The van der Waals surface area contributed by atoms with Crippen molar-refractivity contribution in [2.75, 3.05) is 0 Å². The third-order valence-corrected chi connectivity index (χ3v) is 10.3. The number of para-hydroxylation sites is 2. The van der Waals surface area contributed by atoms with Gasteiger partial charge in [0.2, 0.25) is 0 Å². The van der Waals surface area contributed by atoms with Crippen molar-refractivity contribution in [3.05, 3.63) is 182 Å². The van der Waals surface area contributed by atoms with Crippen molar-refractivity contribution in [1.29, 1.82) is 0 Å². The highest BCUT2D eigenvalue weighted by molar-refractivity contribution is 6.15. The number of hydrogen-bond acceptors (Lipinski definition) is 1. The maximum atomic E-state index is 14.7. The SMILES string of the molecule is [2H]c1c([2H])c([2H])c(-c2cccc3oc4cc(-n5c6ccccc6c6cc(-c7ccc8c(c7)c7cc(F)ccc7n8-c7ccccc7)ccc65)ccc4c23)c([2H])c1[2H]. The number of rotatable bonds is 4. The van der Waals surface area contributed by atoms with E-state index in [0.29, 0.717) is 22.1 Å². The average Bonchev–Trinajstić information content (AvgIpc) is 3.89. The number of furan rings is 1. The number of aromatic nitrogens is 2. The van der Waals surface area contributed by atoms with Crippen molar-refractivity contribution in [3.63, 3.8) is 0 Å². The molecule has 0 aliphatic heterocycles. The van der Waals surface area contributed by atoms with Gasteiger partial charge >= 0.3 is 0 Å². The van der Waals surface area contributed by atoms with E-state index >= 15 is 0 Å². The third-order valence-electron chi connectivity index (χ3n) is 10.3. The molecule has 244 valence electrons. The summed E-state index contributed by atoms with van der Waals surface area (Å²) >= 11 is 0. The molecule has 11 aromatic rings. The van der Waals surface area contributed by atoms with Gasteiger partial charge in [0, 0.05) is 49.8 Å². The number of nitrogens with zero attached hydrogens (tertiary/aromatic N) is 2. The monoisotopic (exact) mass is 673 g/mol. The van der Waals surface area contributed by atoms with Crippen LogP contribution in [0.1, 0.15) is 6.85 Å². The van der Waals surface area contributed by atoms with Crippen molar-refractivity contribution < 1.29 is 15.7 Å². The predicted molar refractivity (Wildman–Crippen MR) is 213 cm³/mol. The van der Waals surface area contributed by atoms with E-state index in [2.05, 4.69) is 69.8 Å². The van der Waals surface area contributed by atoms with Gasteiger partial charge in [-0.3, -0.25) is 0 Å². The molecule has 0 saturated carbocycles. The maximum absolute atomic E-state index is 14.7. The summed E-state index contributed by atoms with van der Waals surface area (Å²) < 4.78 is 67.5. The molecule has 0 amide bonds. The minimum absolute atomic E-state index is 0.143. The summed E-state index contributed by atoms with van der Waals surface area (Å²) in [6.07, 6.45) is 0. The molecule has 0 unspecified atom stereocenters. The molecule has 0 bridgehead atoms. The van der Waals surface area contributed by atoms with E-state index in [1.165, 1.54) is 6.07 Å². The van der Waals surface area contributed by atoms with Crippen LogP contribution in [0.5, 0.6) is 0 Å². The molecule has 11 rings (SSSR count). The summed E-state index contributed by atoms with van der Waals surface area (Å²) in [5.41, 5.74) is 9.80. The Morgan fingerprint density at radius 3 is 1.88 bits per heavy atom. The summed E-state index contributed by atoms with van der Waals surface area (Å²) in [4.78, 5) is 0. The van der Waals surface area contributed by atoms with E-state index in [9.17, 15) is 4.39 Å². The Morgan fingerprint density at radius 2 is 1.10 bits per heavy atom. The van der Waals surface area contributed by atoms with Gasteiger partial charge in [0.25, 0.3) is 0 Å². The fourth-order valence-electron chi connectivity index (χ4n) is 8.01. The molecule has 4 heteroatoms. The van der Waals surface area contributed by atoms with E-state index in [4.69, 9.17) is 11.3 Å². The standard InChI is InChI=1S/C48H29FN2O/c49-33-20-25-45-41(28-33)40-27-32(19-24-44(40)50(45)34-12-5-2-6-13-34)31-18-23-43-39(26-31)37-14-7-8-16-42(37)51(43)35-21-22-38-47(29-35)52-46-17-9-15-36(48(38)46)30-10-3-1-4-11-30/h1-29H/i1D,3D,4D,10D,11D. The van der Waals surface area contributed by atoms with Crippen LogP contribution in [-0.4, -0.2) is 9.13 Å². The first-order valence-electron chi connectivity index (χ1n) is 19.6. The highest BCUT2D eigenvalue weighted by Crippen LogP contribution is 2.41. The predicted octanol–water partition coefficient (Wildman–Crippen LogP) is 13.3. The molecule has 0 saturated heterocycles. The van der Waals surface area contributed by atoms with E-state index in [1.807, 2.05) is 60.7 Å². The number of hydrogen-bond donors (Lipinski definition) is 0. The van der Waals surface area contributed by atoms with Gasteiger partial charge in [-0.2, -0.15) is 0 Å². The summed E-state index contributed by atoms with van der Waals surface area (Å²) in [6.45, 7) is 0. The summed E-state index contributed by atoms with van der Waals surface area (Å²) in [6, 6.07) is 46.0. The van der Waals surface area contributed by atoms with Crippen LogP contribution in [0.25, 0.3) is 99.2 Å². The van der Waals surface area contributed by atoms with Gasteiger partial charge in [0.05, 0.1) is 28.9 Å². The fourth-order valence-corrected chi connectivity index (χ4v) is 8.01. The molecule has 0 spiro atoms. The molecule has 0 aliphatic rings. The molecule has 8 aromatic carbocycles. The van der Waals surface area contributed by atoms with Crippen molar-refractivity contribution in [2.45, 2.75) is 0 Å². The average molecular weight is 674 g/mol. The van der Waals surface area contributed by atoms with Crippen LogP contribution < -0.4 is 0 Å². The van der Waals surface area contributed by atoms with Crippen LogP contribution in [-0.2, 0) is 0 Å². The Kier molecular flexibility index (Phi) is 5.16. The lowest BCUT2D eigenvalue weighted by molar-refractivity contribution is 0.629. The van der Waals surface area contributed by atoms with Crippen LogP contribution in [0.4, 0.5) is 4.39 Å². The Hall–Kier alpha value is -6.91. The minimum atomic E-state index is -0.425. The van der Waals surface area contributed by atoms with Gasteiger partial charge in [-0.15, -0.1) is 0 Å². The first-order chi connectivity index (χ1) is 27.8. The number of benzene rings is 8. The molecule has 0 fully saturated rings. The first kappa shape index (κ1) is 24.3. The molecule has 3 nitrogen and oxygen atoms in total. The van der Waals surface area contributed by atoms with Gasteiger partial charge in [-0.25, -0.2) is 4.39 Å². The molecule has 0 N–H and O–H groups in total. The second-order valence-corrected chi connectivity index (χ2v) is 13.1. The van der Waals surface area contributed by atoms with Gasteiger partial charge < -0.3 is 13.6 Å². The zero-order chi connectivity index (χ0) is 38.7. The Balaban J connectivity index is 1.07. The first-order valence-corrected chi connectivity index (χ1v) is 17.1. The lowest BCUT2D eigenvalue weighted by Gasteiger charge is -2.09. The Morgan fingerprint density at radius 1 is 0.442 bits per heavy atom. The lowest BCUT2D eigenvalue weighted by Crippen LogP contribution is -1.93. The van der Waals surface area contributed by atoms with E-state index in [1.54, 1.807) is 18.2 Å². The second-order valence-electron chi connectivity index (χ2n) is 13.1. The zero-order valence-electron chi connectivity index (χ0n) is 32.5. The minimum Gasteiger partial charge on any atom is -0.456 e. The number of fused-ring (bicyclic) bond motifs is 9. The Labute approximate surface area is 305 Å². The van der Waals surface area contributed by atoms with E-state index < -0.39 is 6.04 Å². The number of halogens is 1. The maximum Gasteiger partial charge on any atom is 0.137 e. The van der Waals surface area contributed by atoms with Crippen LogP contribution in [0.15, 0.2) is 180 Å². The van der Waals surface area contributed by atoms with Crippen LogP contribution in [0, 0.1) is 5.82 Å². The molecule has 0 atom stereocenters.